The SMILES string of the molecule is CCOc1cc(F)c(CNc2ccccc2C(=N)c2ncc(O)c(Nc3cc(C)ncc3C)n2)c(F)c1. The third kappa shape index (κ3) is 5.80. The van der Waals surface area contributed by atoms with E-state index in [1.807, 2.05) is 19.9 Å². The molecule has 0 saturated heterocycles. The first-order valence-electron chi connectivity index (χ1n) is 11.6. The molecular formula is C27H26F2N6O2. The fraction of sp³-hybridized carbons (Fsp3) is 0.185. The molecule has 10 heteroatoms. The van der Waals surface area contributed by atoms with Gasteiger partial charge in [0.2, 0.25) is 0 Å². The number of hydrogen-bond acceptors (Lipinski definition) is 8. The molecule has 37 heavy (non-hydrogen) atoms. The minimum absolute atomic E-state index is 0.0404. The number of rotatable bonds is 9. The van der Waals surface area contributed by atoms with Crippen molar-refractivity contribution in [2.75, 3.05) is 17.2 Å². The lowest BCUT2D eigenvalue weighted by Gasteiger charge is -2.15. The zero-order chi connectivity index (χ0) is 26.5. The number of halogens is 2. The maximum atomic E-state index is 14.5. The summed E-state index contributed by atoms with van der Waals surface area (Å²) in [6.45, 7) is 5.59. The molecule has 0 aliphatic carbocycles. The first kappa shape index (κ1) is 25.5. The quantitative estimate of drug-likeness (QED) is 0.218. The van der Waals surface area contributed by atoms with Crippen LogP contribution in [0, 0.1) is 30.9 Å². The largest absolute Gasteiger partial charge is 0.503 e. The van der Waals surface area contributed by atoms with E-state index in [9.17, 15) is 13.9 Å². The van der Waals surface area contributed by atoms with Gasteiger partial charge in [0, 0.05) is 53.1 Å². The number of aromatic hydroxyl groups is 1. The lowest BCUT2D eigenvalue weighted by Crippen LogP contribution is -2.13. The fourth-order valence-corrected chi connectivity index (χ4v) is 3.64. The Bertz CT molecular complexity index is 1440. The molecule has 2 aromatic carbocycles. The average Bonchev–Trinajstić information content (AvgIpc) is 2.87. The van der Waals surface area contributed by atoms with E-state index in [4.69, 9.17) is 10.1 Å². The summed E-state index contributed by atoms with van der Waals surface area (Å²) in [7, 11) is 0. The Morgan fingerprint density at radius 1 is 1.03 bits per heavy atom. The highest BCUT2D eigenvalue weighted by atomic mass is 19.1. The van der Waals surface area contributed by atoms with Crippen molar-refractivity contribution in [3.63, 3.8) is 0 Å². The average molecular weight is 505 g/mol. The predicted octanol–water partition coefficient (Wildman–Crippen LogP) is 5.64. The minimum atomic E-state index is -0.734. The summed E-state index contributed by atoms with van der Waals surface area (Å²) in [6.07, 6.45) is 2.92. The molecule has 0 atom stereocenters. The van der Waals surface area contributed by atoms with Crippen LogP contribution in [0.15, 0.2) is 54.9 Å². The van der Waals surface area contributed by atoms with Crippen molar-refractivity contribution >= 4 is 22.9 Å². The van der Waals surface area contributed by atoms with Crippen molar-refractivity contribution in [3.05, 3.63) is 94.7 Å². The zero-order valence-corrected chi connectivity index (χ0v) is 20.6. The Morgan fingerprint density at radius 3 is 2.49 bits per heavy atom. The van der Waals surface area contributed by atoms with E-state index in [1.54, 1.807) is 37.4 Å². The van der Waals surface area contributed by atoms with Crippen molar-refractivity contribution in [1.82, 2.24) is 15.0 Å². The van der Waals surface area contributed by atoms with E-state index in [-0.39, 0.29) is 41.0 Å². The number of para-hydroxylation sites is 1. The van der Waals surface area contributed by atoms with Gasteiger partial charge in [-0.1, -0.05) is 18.2 Å². The number of nitrogens with one attached hydrogen (secondary N) is 3. The second-order valence-electron chi connectivity index (χ2n) is 8.27. The second kappa shape index (κ2) is 11.0. The number of nitrogens with zero attached hydrogens (tertiary/aromatic N) is 3. The maximum Gasteiger partial charge on any atom is 0.180 e. The Hall–Kier alpha value is -4.60. The molecule has 0 bridgehead atoms. The summed E-state index contributed by atoms with van der Waals surface area (Å²) in [6, 6.07) is 10.9. The van der Waals surface area contributed by atoms with Crippen LogP contribution in [0.3, 0.4) is 0 Å². The van der Waals surface area contributed by atoms with Gasteiger partial charge in [-0.25, -0.2) is 18.7 Å². The van der Waals surface area contributed by atoms with E-state index in [2.05, 4.69) is 25.6 Å². The molecule has 0 spiro atoms. The van der Waals surface area contributed by atoms with Crippen LogP contribution in [0.25, 0.3) is 0 Å². The summed E-state index contributed by atoms with van der Waals surface area (Å²) in [5.41, 5.74) is 3.04. The number of aryl methyl sites for hydroxylation is 2. The van der Waals surface area contributed by atoms with Crippen LogP contribution in [0.2, 0.25) is 0 Å². The third-order valence-electron chi connectivity index (χ3n) is 5.56. The van der Waals surface area contributed by atoms with Crippen LogP contribution >= 0.6 is 0 Å². The molecule has 4 aromatic rings. The molecule has 8 nitrogen and oxygen atoms in total. The van der Waals surface area contributed by atoms with Crippen molar-refractivity contribution in [1.29, 1.82) is 5.41 Å². The fourth-order valence-electron chi connectivity index (χ4n) is 3.64. The van der Waals surface area contributed by atoms with Crippen LogP contribution in [0.5, 0.6) is 11.5 Å². The number of aromatic nitrogens is 3. The van der Waals surface area contributed by atoms with Gasteiger partial charge in [-0.15, -0.1) is 0 Å². The number of ether oxygens (including phenoxy) is 1. The molecule has 0 fully saturated rings. The van der Waals surface area contributed by atoms with Crippen molar-refractivity contribution in [2.24, 2.45) is 0 Å². The van der Waals surface area contributed by atoms with E-state index in [0.717, 1.165) is 23.4 Å². The highest BCUT2D eigenvalue weighted by Gasteiger charge is 2.17. The monoisotopic (exact) mass is 504 g/mol. The Balaban J connectivity index is 1.58. The van der Waals surface area contributed by atoms with Crippen molar-refractivity contribution < 1.29 is 18.6 Å². The number of benzene rings is 2. The summed E-state index contributed by atoms with van der Waals surface area (Å²) >= 11 is 0. The molecular weight excluding hydrogens is 478 g/mol. The van der Waals surface area contributed by atoms with E-state index in [1.165, 1.54) is 6.20 Å². The number of pyridine rings is 1. The van der Waals surface area contributed by atoms with E-state index in [0.29, 0.717) is 23.5 Å². The standard InChI is InChI=1S/C27H26F2N6O2/c1-4-37-17-10-20(28)19(21(29)11-17)13-32-22-8-6-5-7-18(22)25(30)27-33-14-24(36)26(35-27)34-23-9-16(3)31-12-15(23)2/h5-12,14,30,32,36H,4,13H2,1-3H3,(H,31,33,34,35). The molecule has 0 aliphatic heterocycles. The molecule has 2 heterocycles. The Labute approximate surface area is 212 Å². The zero-order valence-electron chi connectivity index (χ0n) is 20.6. The molecule has 2 aromatic heterocycles. The molecule has 0 amide bonds. The van der Waals surface area contributed by atoms with Gasteiger partial charge in [-0.3, -0.25) is 10.4 Å². The molecule has 0 unspecified atom stereocenters. The summed E-state index contributed by atoms with van der Waals surface area (Å²) in [4.78, 5) is 12.7. The maximum absolute atomic E-state index is 14.5. The van der Waals surface area contributed by atoms with Gasteiger partial charge in [0.25, 0.3) is 0 Å². The molecule has 4 rings (SSSR count). The minimum Gasteiger partial charge on any atom is -0.503 e. The second-order valence-corrected chi connectivity index (χ2v) is 8.27. The normalized spacial score (nSPS) is 10.7. The topological polar surface area (TPSA) is 116 Å². The first-order chi connectivity index (χ1) is 17.8. The molecule has 190 valence electrons. The predicted molar refractivity (Wildman–Crippen MR) is 138 cm³/mol. The highest BCUT2D eigenvalue weighted by molar-refractivity contribution is 6.12. The Kier molecular flexibility index (Phi) is 7.57. The van der Waals surface area contributed by atoms with Gasteiger partial charge in [0.1, 0.15) is 23.1 Å². The summed E-state index contributed by atoms with van der Waals surface area (Å²) in [5, 5.41) is 25.1. The smallest absolute Gasteiger partial charge is 0.180 e. The molecule has 4 N–H and O–H groups in total. The van der Waals surface area contributed by atoms with Gasteiger partial charge in [-0.05, 0) is 38.5 Å². The molecule has 0 aliphatic rings. The summed E-state index contributed by atoms with van der Waals surface area (Å²) in [5.74, 6) is -1.35. The highest BCUT2D eigenvalue weighted by Crippen LogP contribution is 2.28. The third-order valence-corrected chi connectivity index (χ3v) is 5.56. The van der Waals surface area contributed by atoms with Crippen LogP contribution in [-0.2, 0) is 6.54 Å². The van der Waals surface area contributed by atoms with E-state index >= 15 is 0 Å². The molecule has 0 radical (unpaired) electrons. The lowest BCUT2D eigenvalue weighted by molar-refractivity contribution is 0.335. The lowest BCUT2D eigenvalue weighted by atomic mass is 10.1. The van der Waals surface area contributed by atoms with Gasteiger partial charge in [0.05, 0.1) is 12.8 Å². The van der Waals surface area contributed by atoms with Crippen molar-refractivity contribution in [2.45, 2.75) is 27.3 Å². The Morgan fingerprint density at radius 2 is 1.76 bits per heavy atom. The summed E-state index contributed by atoms with van der Waals surface area (Å²) < 4.78 is 34.2. The van der Waals surface area contributed by atoms with Crippen LogP contribution in [0.4, 0.5) is 26.0 Å². The van der Waals surface area contributed by atoms with Crippen LogP contribution < -0.4 is 15.4 Å². The number of hydrogen-bond donors (Lipinski definition) is 4. The van der Waals surface area contributed by atoms with Crippen molar-refractivity contribution in [3.8, 4) is 11.5 Å². The van der Waals surface area contributed by atoms with Gasteiger partial charge >= 0.3 is 0 Å². The van der Waals surface area contributed by atoms with E-state index < -0.39 is 11.6 Å². The van der Waals surface area contributed by atoms with Crippen LogP contribution in [-0.4, -0.2) is 32.4 Å². The first-order valence-corrected chi connectivity index (χ1v) is 11.6. The van der Waals surface area contributed by atoms with Gasteiger partial charge in [-0.2, -0.15) is 0 Å². The van der Waals surface area contributed by atoms with Crippen LogP contribution in [0.1, 0.15) is 35.1 Å². The van der Waals surface area contributed by atoms with Gasteiger partial charge in [0.15, 0.2) is 17.4 Å². The number of anilines is 3. The van der Waals surface area contributed by atoms with Gasteiger partial charge < -0.3 is 20.5 Å². The molecule has 0 saturated carbocycles.